The predicted octanol–water partition coefficient (Wildman–Crippen LogP) is 3.02. The average Bonchev–Trinajstić information content (AvgIpc) is 3.52. The summed E-state index contributed by atoms with van der Waals surface area (Å²) in [5, 5.41) is 11.3. The van der Waals surface area contributed by atoms with E-state index < -0.39 is 0 Å². The highest BCUT2D eigenvalue weighted by Crippen LogP contribution is 2.29. The number of rotatable bonds is 6. The van der Waals surface area contributed by atoms with Crippen LogP contribution >= 0.6 is 12.2 Å². The van der Waals surface area contributed by atoms with Crippen molar-refractivity contribution in [1.82, 2.24) is 20.6 Å². The minimum atomic E-state index is 0.447. The molecular formula is C21H34N6S. The minimum Gasteiger partial charge on any atom is -0.362 e. The smallest absolute Gasteiger partial charge is 0.225 e. The molecule has 0 radical (unpaired) electrons. The summed E-state index contributed by atoms with van der Waals surface area (Å²) in [7, 11) is 4.16. The van der Waals surface area contributed by atoms with Crippen LogP contribution in [0.15, 0.2) is 0 Å². The Bertz CT molecular complexity index is 694. The second kappa shape index (κ2) is 8.80. The van der Waals surface area contributed by atoms with E-state index in [1.807, 2.05) is 0 Å². The van der Waals surface area contributed by atoms with E-state index in [0.717, 1.165) is 67.9 Å². The van der Waals surface area contributed by atoms with Crippen molar-refractivity contribution in [1.29, 1.82) is 0 Å². The first-order chi connectivity index (χ1) is 13.6. The Morgan fingerprint density at radius 2 is 1.71 bits per heavy atom. The van der Waals surface area contributed by atoms with Crippen LogP contribution in [-0.4, -0.2) is 47.8 Å². The summed E-state index contributed by atoms with van der Waals surface area (Å²) in [6.07, 6.45) is 11.9. The van der Waals surface area contributed by atoms with E-state index in [-0.39, 0.29) is 0 Å². The lowest BCUT2D eigenvalue weighted by Gasteiger charge is -2.31. The van der Waals surface area contributed by atoms with Gasteiger partial charge in [0, 0.05) is 38.3 Å². The molecule has 7 heteroatoms. The summed E-state index contributed by atoms with van der Waals surface area (Å²) in [6, 6.07) is 0.932. The first-order valence-electron chi connectivity index (χ1n) is 11.0. The molecule has 1 aromatic rings. The van der Waals surface area contributed by atoms with Crippen LogP contribution in [-0.2, 0) is 12.8 Å². The van der Waals surface area contributed by atoms with E-state index in [2.05, 4.69) is 34.9 Å². The quantitative estimate of drug-likeness (QED) is 0.632. The van der Waals surface area contributed by atoms with Gasteiger partial charge >= 0.3 is 0 Å². The second-order valence-electron chi connectivity index (χ2n) is 8.89. The fourth-order valence-electron chi connectivity index (χ4n) is 4.37. The largest absolute Gasteiger partial charge is 0.362 e. The summed E-state index contributed by atoms with van der Waals surface area (Å²) >= 11 is 5.45. The Morgan fingerprint density at radius 3 is 2.43 bits per heavy atom. The molecule has 4 rings (SSSR count). The van der Waals surface area contributed by atoms with E-state index in [1.54, 1.807) is 0 Å². The molecule has 1 aromatic heterocycles. The molecule has 28 heavy (non-hydrogen) atoms. The lowest BCUT2D eigenvalue weighted by atomic mass is 9.91. The van der Waals surface area contributed by atoms with Gasteiger partial charge in [0.2, 0.25) is 5.95 Å². The van der Waals surface area contributed by atoms with Crippen LogP contribution in [0.1, 0.15) is 62.6 Å². The number of anilines is 2. The highest BCUT2D eigenvalue weighted by molar-refractivity contribution is 7.80. The Labute approximate surface area is 174 Å². The van der Waals surface area contributed by atoms with E-state index in [0.29, 0.717) is 12.1 Å². The third-order valence-electron chi connectivity index (χ3n) is 6.23. The van der Waals surface area contributed by atoms with Gasteiger partial charge in [-0.1, -0.05) is 0 Å². The van der Waals surface area contributed by atoms with Crippen molar-refractivity contribution in [2.24, 2.45) is 5.92 Å². The van der Waals surface area contributed by atoms with Crippen LogP contribution in [0.3, 0.4) is 0 Å². The lowest BCUT2D eigenvalue weighted by molar-refractivity contribution is 0.385. The summed E-state index contributed by atoms with van der Waals surface area (Å²) < 4.78 is 0. The second-order valence-corrected chi connectivity index (χ2v) is 9.30. The van der Waals surface area contributed by atoms with Crippen LogP contribution in [0.5, 0.6) is 0 Å². The van der Waals surface area contributed by atoms with Gasteiger partial charge in [0.1, 0.15) is 5.82 Å². The maximum atomic E-state index is 5.45. The first-order valence-corrected chi connectivity index (χ1v) is 11.4. The third-order valence-corrected chi connectivity index (χ3v) is 6.49. The van der Waals surface area contributed by atoms with Crippen LogP contribution < -0.4 is 20.9 Å². The fraction of sp³-hybridized carbons (Fsp3) is 0.762. The van der Waals surface area contributed by atoms with Crippen molar-refractivity contribution in [3.05, 3.63) is 11.3 Å². The van der Waals surface area contributed by atoms with Crippen LogP contribution in [0.2, 0.25) is 0 Å². The van der Waals surface area contributed by atoms with Crippen molar-refractivity contribution < 1.29 is 0 Å². The van der Waals surface area contributed by atoms with Gasteiger partial charge in [0.25, 0.3) is 0 Å². The van der Waals surface area contributed by atoms with Crippen LogP contribution in [0.4, 0.5) is 11.8 Å². The molecule has 0 bridgehead atoms. The molecule has 2 saturated carbocycles. The third kappa shape index (κ3) is 5.04. The normalized spacial score (nSPS) is 24.2. The summed E-state index contributed by atoms with van der Waals surface area (Å²) in [6.45, 7) is 1.03. The SMILES string of the molecule is CN(C)c1nc(N[C@H]2CC[C@@H](NC(=S)NCC3CC3)CC2)nc2c1CCCC2. The average molecular weight is 403 g/mol. The molecule has 3 N–H and O–H groups in total. The number of aryl methyl sites for hydroxylation is 1. The summed E-state index contributed by atoms with van der Waals surface area (Å²) in [4.78, 5) is 11.9. The molecule has 0 saturated heterocycles. The van der Waals surface area contributed by atoms with Crippen molar-refractivity contribution in [3.8, 4) is 0 Å². The molecule has 3 aliphatic rings. The highest BCUT2D eigenvalue weighted by atomic mass is 32.1. The van der Waals surface area contributed by atoms with Gasteiger partial charge in [0.15, 0.2) is 5.11 Å². The molecule has 0 unspecified atom stereocenters. The summed E-state index contributed by atoms with van der Waals surface area (Å²) in [5.74, 6) is 2.75. The highest BCUT2D eigenvalue weighted by Gasteiger charge is 2.25. The van der Waals surface area contributed by atoms with Crippen molar-refractivity contribution in [2.75, 3.05) is 30.9 Å². The van der Waals surface area contributed by atoms with Gasteiger partial charge in [0.05, 0.1) is 5.69 Å². The van der Waals surface area contributed by atoms with Gasteiger partial charge in [-0.05, 0) is 82.3 Å². The number of thiocarbonyl (C=S) groups is 1. The van der Waals surface area contributed by atoms with Gasteiger partial charge in [-0.3, -0.25) is 0 Å². The maximum Gasteiger partial charge on any atom is 0.225 e. The van der Waals surface area contributed by atoms with E-state index >= 15 is 0 Å². The van der Waals surface area contributed by atoms with Crippen LogP contribution in [0, 0.1) is 5.92 Å². The number of hydrogen-bond donors (Lipinski definition) is 3. The molecule has 0 aromatic carbocycles. The number of aromatic nitrogens is 2. The van der Waals surface area contributed by atoms with Gasteiger partial charge in [-0.2, -0.15) is 4.98 Å². The number of fused-ring (bicyclic) bond motifs is 1. The van der Waals surface area contributed by atoms with Crippen molar-refractivity contribution in [3.63, 3.8) is 0 Å². The molecule has 154 valence electrons. The molecule has 0 atom stereocenters. The zero-order chi connectivity index (χ0) is 19.5. The Balaban J connectivity index is 1.29. The van der Waals surface area contributed by atoms with Crippen molar-refractivity contribution >= 4 is 29.1 Å². The number of hydrogen-bond acceptors (Lipinski definition) is 5. The van der Waals surface area contributed by atoms with Gasteiger partial charge < -0.3 is 20.9 Å². The molecule has 0 amide bonds. The van der Waals surface area contributed by atoms with Gasteiger partial charge in [-0.25, -0.2) is 4.98 Å². The predicted molar refractivity (Wildman–Crippen MR) is 119 cm³/mol. The van der Waals surface area contributed by atoms with E-state index in [9.17, 15) is 0 Å². The Hall–Kier alpha value is -1.63. The Kier molecular flexibility index (Phi) is 6.19. The van der Waals surface area contributed by atoms with Crippen LogP contribution in [0.25, 0.3) is 0 Å². The molecule has 0 spiro atoms. The van der Waals surface area contributed by atoms with E-state index in [1.165, 1.54) is 36.9 Å². The Morgan fingerprint density at radius 1 is 1.00 bits per heavy atom. The zero-order valence-corrected chi connectivity index (χ0v) is 18.1. The number of nitrogens with one attached hydrogen (secondary N) is 3. The molecule has 6 nitrogen and oxygen atoms in total. The zero-order valence-electron chi connectivity index (χ0n) is 17.3. The topological polar surface area (TPSA) is 65.1 Å². The minimum absolute atomic E-state index is 0.447. The lowest BCUT2D eigenvalue weighted by Crippen LogP contribution is -2.45. The first kappa shape index (κ1) is 19.7. The standard InChI is InChI=1S/C21H34N6S/c1-27(2)19-17-5-3-4-6-18(17)25-20(26-19)23-15-9-11-16(12-10-15)24-21(28)22-13-14-7-8-14/h14-16H,3-13H2,1-2H3,(H2,22,24,28)(H,23,25,26)/t15-,16+. The molecular weight excluding hydrogens is 368 g/mol. The fourth-order valence-corrected chi connectivity index (χ4v) is 4.62. The van der Waals surface area contributed by atoms with Gasteiger partial charge in [-0.15, -0.1) is 0 Å². The maximum absolute atomic E-state index is 5.45. The monoisotopic (exact) mass is 402 g/mol. The molecule has 3 aliphatic carbocycles. The van der Waals surface area contributed by atoms with Crippen molar-refractivity contribution in [2.45, 2.75) is 76.3 Å². The molecule has 1 heterocycles. The molecule has 2 fully saturated rings. The van der Waals surface area contributed by atoms with E-state index in [4.69, 9.17) is 22.2 Å². The summed E-state index contributed by atoms with van der Waals surface area (Å²) in [5.41, 5.74) is 2.59. The number of nitrogens with zero attached hydrogens (tertiary/aromatic N) is 3. The molecule has 0 aliphatic heterocycles.